The molecule has 134 valence electrons. The van der Waals surface area contributed by atoms with Crippen molar-refractivity contribution in [3.05, 3.63) is 59.8 Å². The van der Waals surface area contributed by atoms with Crippen LogP contribution in [0.5, 0.6) is 5.75 Å². The molecule has 5 nitrogen and oxygen atoms in total. The molecule has 0 saturated carbocycles. The molecule has 3 aromatic rings. The number of nitrogens with zero attached hydrogens (tertiary/aromatic N) is 2. The van der Waals surface area contributed by atoms with Crippen molar-refractivity contribution in [1.82, 2.24) is 9.88 Å². The van der Waals surface area contributed by atoms with Crippen LogP contribution in [-0.4, -0.2) is 49.1 Å². The largest absolute Gasteiger partial charge is 0.497 e. The Labute approximate surface area is 153 Å². The van der Waals surface area contributed by atoms with Gasteiger partial charge in [-0.3, -0.25) is 4.79 Å². The highest BCUT2D eigenvalue weighted by Gasteiger charge is 2.24. The SMILES string of the molecule is COc1ccc2[nH]cc(C(=O)N3CCN(c4cccc(C)c4)CC3)c2c1. The summed E-state index contributed by atoms with van der Waals surface area (Å²) in [5.41, 5.74) is 4.15. The zero-order valence-corrected chi connectivity index (χ0v) is 15.2. The molecular weight excluding hydrogens is 326 g/mol. The van der Waals surface area contributed by atoms with Gasteiger partial charge in [0.15, 0.2) is 0 Å². The molecule has 1 N–H and O–H groups in total. The zero-order valence-electron chi connectivity index (χ0n) is 15.2. The van der Waals surface area contributed by atoms with Crippen LogP contribution >= 0.6 is 0 Å². The molecule has 26 heavy (non-hydrogen) atoms. The van der Waals surface area contributed by atoms with Gasteiger partial charge in [0.05, 0.1) is 12.7 Å². The Kier molecular flexibility index (Phi) is 4.29. The first kappa shape index (κ1) is 16.5. The van der Waals surface area contributed by atoms with E-state index in [9.17, 15) is 4.79 Å². The summed E-state index contributed by atoms with van der Waals surface area (Å²) in [4.78, 5) is 20.5. The van der Waals surface area contributed by atoms with Gasteiger partial charge in [0.1, 0.15) is 5.75 Å². The smallest absolute Gasteiger partial charge is 0.256 e. The molecule has 4 rings (SSSR count). The fourth-order valence-corrected chi connectivity index (χ4v) is 3.57. The first-order valence-corrected chi connectivity index (χ1v) is 8.92. The molecule has 1 aliphatic rings. The molecule has 0 spiro atoms. The van der Waals surface area contributed by atoms with Gasteiger partial charge in [0.25, 0.3) is 5.91 Å². The number of aryl methyl sites for hydroxylation is 1. The van der Waals surface area contributed by atoms with Gasteiger partial charge in [-0.25, -0.2) is 0 Å². The van der Waals surface area contributed by atoms with Gasteiger partial charge in [0.2, 0.25) is 0 Å². The lowest BCUT2D eigenvalue weighted by atomic mass is 10.1. The Morgan fingerprint density at radius 1 is 1.08 bits per heavy atom. The molecule has 0 bridgehead atoms. The molecule has 5 heteroatoms. The Morgan fingerprint density at radius 3 is 2.62 bits per heavy atom. The molecule has 2 aromatic carbocycles. The van der Waals surface area contributed by atoms with Crippen molar-refractivity contribution in [3.63, 3.8) is 0 Å². The summed E-state index contributed by atoms with van der Waals surface area (Å²) < 4.78 is 5.30. The number of hydrogen-bond donors (Lipinski definition) is 1. The third-order valence-corrected chi connectivity index (χ3v) is 5.05. The summed E-state index contributed by atoms with van der Waals surface area (Å²) >= 11 is 0. The highest BCUT2D eigenvalue weighted by Crippen LogP contribution is 2.25. The van der Waals surface area contributed by atoms with Gasteiger partial charge >= 0.3 is 0 Å². The van der Waals surface area contributed by atoms with E-state index < -0.39 is 0 Å². The van der Waals surface area contributed by atoms with Crippen LogP contribution in [0.4, 0.5) is 5.69 Å². The molecule has 1 aliphatic heterocycles. The van der Waals surface area contributed by atoms with E-state index >= 15 is 0 Å². The van der Waals surface area contributed by atoms with E-state index in [1.54, 1.807) is 13.3 Å². The number of carbonyl (C=O) groups is 1. The standard InChI is InChI=1S/C21H23N3O2/c1-15-4-3-5-16(12-15)23-8-10-24(11-9-23)21(25)19-14-22-20-7-6-17(26-2)13-18(19)20/h3-7,12-14,22H,8-11H2,1-2H3. The monoisotopic (exact) mass is 349 g/mol. The van der Waals surface area contributed by atoms with Gasteiger partial charge in [-0.15, -0.1) is 0 Å². The molecular formula is C21H23N3O2. The minimum Gasteiger partial charge on any atom is -0.497 e. The highest BCUT2D eigenvalue weighted by atomic mass is 16.5. The number of hydrogen-bond acceptors (Lipinski definition) is 3. The maximum absolute atomic E-state index is 13.0. The molecule has 0 radical (unpaired) electrons. The number of rotatable bonds is 3. The first-order valence-electron chi connectivity index (χ1n) is 8.92. The van der Waals surface area contributed by atoms with Crippen LogP contribution in [0.3, 0.4) is 0 Å². The third kappa shape index (κ3) is 3.01. The molecule has 0 aliphatic carbocycles. The number of ether oxygens (including phenoxy) is 1. The number of piperazine rings is 1. The number of fused-ring (bicyclic) bond motifs is 1. The number of benzene rings is 2. The van der Waals surface area contributed by atoms with Crippen molar-refractivity contribution in [2.45, 2.75) is 6.92 Å². The number of amides is 1. The van der Waals surface area contributed by atoms with E-state index in [0.29, 0.717) is 5.56 Å². The summed E-state index contributed by atoms with van der Waals surface area (Å²) in [6.07, 6.45) is 1.80. The average molecular weight is 349 g/mol. The number of aromatic amines is 1. The Hall–Kier alpha value is -2.95. The van der Waals surface area contributed by atoms with Gasteiger partial charge < -0.3 is 19.5 Å². The number of anilines is 1. The lowest BCUT2D eigenvalue weighted by molar-refractivity contribution is 0.0749. The molecule has 2 heterocycles. The third-order valence-electron chi connectivity index (χ3n) is 5.05. The van der Waals surface area contributed by atoms with Crippen molar-refractivity contribution < 1.29 is 9.53 Å². The second-order valence-electron chi connectivity index (χ2n) is 6.73. The van der Waals surface area contributed by atoms with Crippen molar-refractivity contribution in [1.29, 1.82) is 0 Å². The van der Waals surface area contributed by atoms with E-state index in [0.717, 1.165) is 42.8 Å². The van der Waals surface area contributed by atoms with Gasteiger partial charge in [-0.1, -0.05) is 12.1 Å². The Bertz CT molecular complexity index is 939. The van der Waals surface area contributed by atoms with Crippen LogP contribution < -0.4 is 9.64 Å². The highest BCUT2D eigenvalue weighted by molar-refractivity contribution is 6.07. The van der Waals surface area contributed by atoms with Crippen molar-refractivity contribution in [2.75, 3.05) is 38.2 Å². The van der Waals surface area contributed by atoms with E-state index in [2.05, 4.69) is 41.1 Å². The lowest BCUT2D eigenvalue weighted by Crippen LogP contribution is -2.48. The number of nitrogens with one attached hydrogen (secondary N) is 1. The molecule has 0 unspecified atom stereocenters. The number of aromatic nitrogens is 1. The molecule has 1 saturated heterocycles. The molecule has 0 atom stereocenters. The summed E-state index contributed by atoms with van der Waals surface area (Å²) in [5.74, 6) is 0.837. The van der Waals surface area contributed by atoms with Crippen LogP contribution in [0.15, 0.2) is 48.7 Å². The molecule has 1 aromatic heterocycles. The summed E-state index contributed by atoms with van der Waals surface area (Å²) in [5, 5.41) is 0.912. The van der Waals surface area contributed by atoms with Crippen LogP contribution in [0.2, 0.25) is 0 Å². The minimum atomic E-state index is 0.0772. The average Bonchev–Trinajstić information content (AvgIpc) is 3.10. The summed E-state index contributed by atoms with van der Waals surface area (Å²) in [6.45, 7) is 5.25. The van der Waals surface area contributed by atoms with Crippen molar-refractivity contribution in [2.24, 2.45) is 0 Å². The van der Waals surface area contributed by atoms with Gasteiger partial charge in [0, 0.05) is 49.0 Å². The maximum atomic E-state index is 13.0. The van der Waals surface area contributed by atoms with Crippen LogP contribution in [0.1, 0.15) is 15.9 Å². The van der Waals surface area contributed by atoms with Crippen LogP contribution in [-0.2, 0) is 0 Å². The lowest BCUT2D eigenvalue weighted by Gasteiger charge is -2.36. The van der Waals surface area contributed by atoms with Crippen molar-refractivity contribution >= 4 is 22.5 Å². The predicted molar refractivity (Wildman–Crippen MR) is 104 cm³/mol. The minimum absolute atomic E-state index is 0.0772. The van der Waals surface area contributed by atoms with E-state index in [4.69, 9.17) is 4.74 Å². The number of methoxy groups -OCH3 is 1. The number of carbonyl (C=O) groups excluding carboxylic acids is 1. The Balaban J connectivity index is 1.50. The fourth-order valence-electron chi connectivity index (χ4n) is 3.57. The van der Waals surface area contributed by atoms with E-state index in [1.807, 2.05) is 23.1 Å². The van der Waals surface area contributed by atoms with Crippen molar-refractivity contribution in [3.8, 4) is 5.75 Å². The second-order valence-corrected chi connectivity index (χ2v) is 6.73. The van der Waals surface area contributed by atoms with E-state index in [1.165, 1.54) is 11.3 Å². The Morgan fingerprint density at radius 2 is 1.88 bits per heavy atom. The normalized spacial score (nSPS) is 14.7. The van der Waals surface area contributed by atoms with E-state index in [-0.39, 0.29) is 5.91 Å². The fraction of sp³-hybridized carbons (Fsp3) is 0.286. The van der Waals surface area contributed by atoms with Gasteiger partial charge in [-0.05, 0) is 42.8 Å². The summed E-state index contributed by atoms with van der Waals surface area (Å²) in [7, 11) is 1.64. The maximum Gasteiger partial charge on any atom is 0.256 e. The molecule has 1 amide bonds. The van der Waals surface area contributed by atoms with Gasteiger partial charge in [-0.2, -0.15) is 0 Å². The topological polar surface area (TPSA) is 48.6 Å². The summed E-state index contributed by atoms with van der Waals surface area (Å²) in [6, 6.07) is 14.3. The number of H-pyrrole nitrogens is 1. The first-order chi connectivity index (χ1) is 12.7. The second kappa shape index (κ2) is 6.75. The van der Waals surface area contributed by atoms with Crippen LogP contribution in [0.25, 0.3) is 10.9 Å². The van der Waals surface area contributed by atoms with Crippen LogP contribution in [0, 0.1) is 6.92 Å². The zero-order chi connectivity index (χ0) is 18.1. The molecule has 1 fully saturated rings. The predicted octanol–water partition coefficient (Wildman–Crippen LogP) is 3.45. The quantitative estimate of drug-likeness (QED) is 0.788.